The van der Waals surface area contributed by atoms with E-state index in [-0.39, 0.29) is 23.9 Å². The van der Waals surface area contributed by atoms with Gasteiger partial charge in [-0.05, 0) is 87.0 Å². The molecule has 0 N–H and O–H groups in total. The SMILES string of the molecule is Cc1cc(C)c([PH+]=[C]Cl)c(C)c1.Cc1cc(C)c([PH+]=[C]Cl)c(C)c1.[CH2]CCC.[CH2]CCC.[Sn]. The number of halogens is 2. The quantitative estimate of drug-likeness (QED) is 0.235. The Bertz CT molecular complexity index is 711. The van der Waals surface area contributed by atoms with Gasteiger partial charge in [0.25, 0.3) is 10.5 Å². The van der Waals surface area contributed by atoms with E-state index in [1.54, 1.807) is 0 Å². The first-order valence-electron chi connectivity index (χ1n) is 11.1. The standard InChI is InChI=1S/2C10H12ClP.2C4H9.Sn/c2*1-7-4-8(2)10(12-6-11)9(3)5-7;2*1-3-4-2;/h2*4-5,12H,1-3H3;2*1,3-4H2,2H3;/q2*+1;;;. The minimum absolute atomic E-state index is 0. The van der Waals surface area contributed by atoms with Crippen LogP contribution in [0, 0.1) is 55.4 Å². The van der Waals surface area contributed by atoms with E-state index < -0.39 is 0 Å². The molecule has 180 valence electrons. The Kier molecular flexibility index (Phi) is 27.3. The molecule has 0 saturated carbocycles. The summed E-state index contributed by atoms with van der Waals surface area (Å²) >= 11 is 11.0. The van der Waals surface area contributed by atoms with E-state index >= 15 is 0 Å². The molecular formula is C28H42Cl2P2Sn+2. The number of benzene rings is 2. The van der Waals surface area contributed by atoms with Gasteiger partial charge in [0.15, 0.2) is 10.6 Å². The zero-order valence-electron chi connectivity index (χ0n) is 21.8. The topological polar surface area (TPSA) is 0 Å². The van der Waals surface area contributed by atoms with E-state index in [2.05, 4.69) is 104 Å². The molecule has 2 rings (SSSR count). The molecule has 0 spiro atoms. The molecule has 0 aliphatic rings. The van der Waals surface area contributed by atoms with Crippen molar-refractivity contribution in [2.24, 2.45) is 0 Å². The van der Waals surface area contributed by atoms with Crippen LogP contribution in [0.3, 0.4) is 0 Å². The summed E-state index contributed by atoms with van der Waals surface area (Å²) in [6.07, 6.45) is 4.56. The van der Waals surface area contributed by atoms with E-state index in [4.69, 9.17) is 23.2 Å². The predicted molar refractivity (Wildman–Crippen MR) is 165 cm³/mol. The van der Waals surface area contributed by atoms with Crippen LogP contribution >= 0.6 is 39.6 Å². The average molecular weight is 630 g/mol. The zero-order valence-corrected chi connectivity index (χ0v) is 28.2. The molecule has 5 heteroatoms. The largest absolute Gasteiger partial charge is 0.274 e. The normalized spacial score (nSPS) is 9.82. The molecule has 33 heavy (non-hydrogen) atoms. The van der Waals surface area contributed by atoms with Gasteiger partial charge in [0.2, 0.25) is 0 Å². The summed E-state index contributed by atoms with van der Waals surface area (Å²) in [7, 11) is 0.993. The maximum atomic E-state index is 5.48. The minimum Gasteiger partial charge on any atom is -0.0654 e. The molecule has 0 fully saturated rings. The van der Waals surface area contributed by atoms with Crippen LogP contribution in [0.5, 0.6) is 0 Å². The predicted octanol–water partition coefficient (Wildman–Crippen LogP) is 8.44. The van der Waals surface area contributed by atoms with E-state index in [9.17, 15) is 0 Å². The van der Waals surface area contributed by atoms with Crippen molar-refractivity contribution in [2.75, 3.05) is 0 Å². The van der Waals surface area contributed by atoms with Crippen LogP contribution in [0.25, 0.3) is 0 Å². The molecule has 8 radical (unpaired) electrons. The fourth-order valence-electron chi connectivity index (χ4n) is 2.85. The summed E-state index contributed by atoms with van der Waals surface area (Å²) < 4.78 is 0. The number of rotatable bonds is 4. The summed E-state index contributed by atoms with van der Waals surface area (Å²) in [6.45, 7) is 24.2. The van der Waals surface area contributed by atoms with E-state index in [1.807, 2.05) is 0 Å². The van der Waals surface area contributed by atoms with Gasteiger partial charge in [0.05, 0.1) is 0 Å². The van der Waals surface area contributed by atoms with Crippen LogP contribution in [0.4, 0.5) is 0 Å². The summed E-state index contributed by atoms with van der Waals surface area (Å²) in [5.74, 6) is 0. The number of hydrogen-bond acceptors (Lipinski definition) is 0. The van der Waals surface area contributed by atoms with E-state index in [0.717, 1.165) is 12.8 Å². The van der Waals surface area contributed by atoms with Gasteiger partial charge < -0.3 is 0 Å². The van der Waals surface area contributed by atoms with Crippen LogP contribution in [-0.2, 0) is 0 Å². The molecule has 2 aromatic carbocycles. The fraction of sp³-hybridized carbons (Fsp3) is 0.429. The Balaban J connectivity index is -0.000000405. The van der Waals surface area contributed by atoms with Crippen LogP contribution < -0.4 is 10.6 Å². The van der Waals surface area contributed by atoms with Gasteiger partial charge in [-0.15, -0.1) is 0 Å². The second-order valence-electron chi connectivity index (χ2n) is 7.69. The van der Waals surface area contributed by atoms with Crippen molar-refractivity contribution < 1.29 is 0 Å². The van der Waals surface area contributed by atoms with Crippen molar-refractivity contribution in [3.05, 3.63) is 71.5 Å². The molecule has 0 saturated heterocycles. The van der Waals surface area contributed by atoms with Gasteiger partial charge in [-0.25, -0.2) is 0 Å². The second kappa shape index (κ2) is 23.9. The Morgan fingerprint density at radius 3 is 1.00 bits per heavy atom. The average Bonchev–Trinajstić information content (AvgIpc) is 2.74. The second-order valence-corrected chi connectivity index (χ2v) is 10.7. The number of unbranched alkanes of at least 4 members (excludes halogenated alkanes) is 2. The molecule has 0 bridgehead atoms. The van der Waals surface area contributed by atoms with Gasteiger partial charge in [0.1, 0.15) is 16.4 Å². The first-order valence-corrected chi connectivity index (χ1v) is 13.9. The maximum Gasteiger partial charge on any atom is 0.274 e. The third-order valence-electron chi connectivity index (χ3n) is 4.41. The Morgan fingerprint density at radius 1 is 0.636 bits per heavy atom. The van der Waals surface area contributed by atoms with Crippen molar-refractivity contribution in [1.29, 1.82) is 0 Å². The summed E-state index contributed by atoms with van der Waals surface area (Å²) in [6, 6.07) is 8.74. The van der Waals surface area contributed by atoms with Gasteiger partial charge in [-0.3, -0.25) is 0 Å². The fourth-order valence-corrected chi connectivity index (χ4v) is 4.68. The molecule has 0 aliphatic heterocycles. The van der Waals surface area contributed by atoms with Crippen LogP contribution in [-0.4, -0.2) is 34.4 Å². The van der Waals surface area contributed by atoms with Gasteiger partial charge in [0, 0.05) is 23.9 Å². The first-order chi connectivity index (χ1) is 15.1. The Hall–Kier alpha value is 0.159. The monoisotopic (exact) mass is 630 g/mol. The summed E-state index contributed by atoms with van der Waals surface area (Å²) in [5.41, 5.74) is 7.90. The molecule has 2 unspecified atom stereocenters. The van der Waals surface area contributed by atoms with E-state index in [1.165, 1.54) is 56.8 Å². The third kappa shape index (κ3) is 18.1. The van der Waals surface area contributed by atoms with Gasteiger partial charge in [-0.1, -0.05) is 88.8 Å². The van der Waals surface area contributed by atoms with Crippen molar-refractivity contribution in [2.45, 2.75) is 81.1 Å². The van der Waals surface area contributed by atoms with Crippen LogP contribution in [0.2, 0.25) is 0 Å². The van der Waals surface area contributed by atoms with Gasteiger partial charge >= 0.3 is 0 Å². The minimum atomic E-state index is 0. The molecule has 0 heterocycles. The van der Waals surface area contributed by atoms with Crippen LogP contribution in [0.1, 0.15) is 72.9 Å². The molecule has 0 amide bonds. The molecule has 2 atom stereocenters. The molecular weight excluding hydrogens is 588 g/mol. The van der Waals surface area contributed by atoms with Crippen LogP contribution in [0.15, 0.2) is 24.3 Å². The number of aryl methyl sites for hydroxylation is 6. The summed E-state index contributed by atoms with van der Waals surface area (Å²) in [5, 5.41) is 8.03. The van der Waals surface area contributed by atoms with E-state index in [0.29, 0.717) is 16.4 Å². The van der Waals surface area contributed by atoms with Crippen molar-refractivity contribution in [3.63, 3.8) is 0 Å². The third-order valence-corrected chi connectivity index (χ3v) is 7.24. The van der Waals surface area contributed by atoms with Crippen molar-refractivity contribution >= 4 is 84.6 Å². The maximum absolute atomic E-state index is 5.48. The Labute approximate surface area is 235 Å². The molecule has 2 aromatic rings. The smallest absolute Gasteiger partial charge is 0.0654 e. The zero-order chi connectivity index (χ0) is 25.1. The van der Waals surface area contributed by atoms with Crippen molar-refractivity contribution in [1.82, 2.24) is 0 Å². The Morgan fingerprint density at radius 2 is 0.848 bits per heavy atom. The first kappa shape index (κ1) is 37.7. The molecule has 0 aliphatic carbocycles. The van der Waals surface area contributed by atoms with Crippen molar-refractivity contribution in [3.8, 4) is 0 Å². The molecule has 0 aromatic heterocycles. The molecule has 0 nitrogen and oxygen atoms in total. The summed E-state index contributed by atoms with van der Waals surface area (Å²) in [4.78, 5) is 0. The number of hydrogen-bond donors (Lipinski definition) is 0. The van der Waals surface area contributed by atoms with Gasteiger partial charge in [-0.2, -0.15) is 0 Å².